The molecule has 0 aliphatic carbocycles. The molecule has 0 unspecified atom stereocenters. The lowest BCUT2D eigenvalue weighted by molar-refractivity contribution is -0.131. The summed E-state index contributed by atoms with van der Waals surface area (Å²) in [7, 11) is 0. The molecular formula is C19H24N4O2S2. The van der Waals surface area contributed by atoms with E-state index >= 15 is 0 Å². The van der Waals surface area contributed by atoms with Crippen LogP contribution in [-0.2, 0) is 11.2 Å². The van der Waals surface area contributed by atoms with Gasteiger partial charge in [0.25, 0.3) is 0 Å². The lowest BCUT2D eigenvalue weighted by Crippen LogP contribution is -2.51. The Balaban J connectivity index is 1.46. The number of thiazole rings is 1. The van der Waals surface area contributed by atoms with E-state index in [0.29, 0.717) is 31.2 Å². The molecule has 2 aromatic rings. The van der Waals surface area contributed by atoms with Gasteiger partial charge in [-0.25, -0.2) is 4.98 Å². The van der Waals surface area contributed by atoms with Crippen LogP contribution in [0.25, 0.3) is 0 Å². The van der Waals surface area contributed by atoms with E-state index < -0.39 is 0 Å². The zero-order chi connectivity index (χ0) is 19.2. The zero-order valence-corrected chi connectivity index (χ0v) is 17.2. The summed E-state index contributed by atoms with van der Waals surface area (Å²) in [5.74, 6) is 0.978. The number of rotatable bonds is 5. The first-order valence-electron chi connectivity index (χ1n) is 9.02. The second-order valence-electron chi connectivity index (χ2n) is 6.31. The van der Waals surface area contributed by atoms with Gasteiger partial charge in [0.15, 0.2) is 5.11 Å². The first kappa shape index (κ1) is 19.6. The van der Waals surface area contributed by atoms with E-state index in [2.05, 4.69) is 15.2 Å². The summed E-state index contributed by atoms with van der Waals surface area (Å²) in [4.78, 5) is 20.8. The summed E-state index contributed by atoms with van der Waals surface area (Å²) < 4.78 is 5.45. The van der Waals surface area contributed by atoms with Crippen LogP contribution >= 0.6 is 23.6 Å². The number of anilines is 1. The molecule has 1 saturated heterocycles. The highest BCUT2D eigenvalue weighted by Crippen LogP contribution is 2.17. The molecule has 1 fully saturated rings. The van der Waals surface area contributed by atoms with Crippen molar-refractivity contribution in [1.29, 1.82) is 0 Å². The van der Waals surface area contributed by atoms with Crippen molar-refractivity contribution in [2.24, 2.45) is 0 Å². The van der Waals surface area contributed by atoms with Crippen LogP contribution in [-0.4, -0.2) is 58.6 Å². The van der Waals surface area contributed by atoms with Crippen molar-refractivity contribution in [3.8, 4) is 5.75 Å². The molecule has 8 heteroatoms. The van der Waals surface area contributed by atoms with Crippen LogP contribution in [0.4, 0.5) is 5.69 Å². The number of benzene rings is 1. The second-order valence-corrected chi connectivity index (χ2v) is 7.64. The van der Waals surface area contributed by atoms with Crippen molar-refractivity contribution < 1.29 is 9.53 Å². The summed E-state index contributed by atoms with van der Waals surface area (Å²) in [5.41, 5.74) is 1.90. The third kappa shape index (κ3) is 5.40. The first-order valence-corrected chi connectivity index (χ1v) is 10.3. The summed E-state index contributed by atoms with van der Waals surface area (Å²) in [6, 6.07) is 7.75. The van der Waals surface area contributed by atoms with E-state index in [4.69, 9.17) is 17.0 Å². The van der Waals surface area contributed by atoms with E-state index in [1.165, 1.54) is 0 Å². The van der Waals surface area contributed by atoms with Crippen molar-refractivity contribution in [2.75, 3.05) is 38.1 Å². The molecule has 1 aromatic carbocycles. The fourth-order valence-electron chi connectivity index (χ4n) is 2.89. The maximum Gasteiger partial charge on any atom is 0.229 e. The number of nitrogens with one attached hydrogen (secondary N) is 1. The summed E-state index contributed by atoms with van der Waals surface area (Å²) in [6.07, 6.45) is 0.382. The zero-order valence-electron chi connectivity index (χ0n) is 15.6. The molecule has 1 N–H and O–H groups in total. The number of carbonyl (C=O) groups is 1. The molecule has 1 amide bonds. The SMILES string of the molecule is CCOc1ccc(NC(=S)N2CCN(C(=O)Cc3nc(C)cs3)CC2)cc1. The molecule has 1 aliphatic heterocycles. The van der Waals surface area contributed by atoms with Crippen molar-refractivity contribution in [2.45, 2.75) is 20.3 Å². The van der Waals surface area contributed by atoms with Crippen LogP contribution in [0.2, 0.25) is 0 Å². The minimum absolute atomic E-state index is 0.134. The van der Waals surface area contributed by atoms with E-state index in [0.717, 1.165) is 35.2 Å². The van der Waals surface area contributed by atoms with Crippen LogP contribution < -0.4 is 10.1 Å². The van der Waals surface area contributed by atoms with Gasteiger partial charge in [-0.15, -0.1) is 11.3 Å². The fourth-order valence-corrected chi connectivity index (χ4v) is 3.95. The van der Waals surface area contributed by atoms with E-state index in [-0.39, 0.29) is 5.91 Å². The third-order valence-corrected chi connectivity index (χ3v) is 5.63. The molecule has 6 nitrogen and oxygen atoms in total. The molecule has 1 aliphatic rings. The van der Waals surface area contributed by atoms with Gasteiger partial charge >= 0.3 is 0 Å². The lowest BCUT2D eigenvalue weighted by Gasteiger charge is -2.36. The third-order valence-electron chi connectivity index (χ3n) is 4.31. The molecule has 0 atom stereocenters. The number of ether oxygens (including phenoxy) is 1. The number of amides is 1. The van der Waals surface area contributed by atoms with Crippen molar-refractivity contribution in [1.82, 2.24) is 14.8 Å². The maximum absolute atomic E-state index is 12.4. The van der Waals surface area contributed by atoms with Gasteiger partial charge in [-0.05, 0) is 50.3 Å². The molecule has 1 aromatic heterocycles. The van der Waals surface area contributed by atoms with E-state index in [9.17, 15) is 4.79 Å². The number of hydrogen-bond donors (Lipinski definition) is 1. The standard InChI is InChI=1S/C19H24N4O2S2/c1-3-25-16-6-4-15(5-7-16)21-19(26)23-10-8-22(9-11-23)18(24)12-17-20-14(2)13-27-17/h4-7,13H,3,8-12H2,1-2H3,(H,21,26). The van der Waals surface area contributed by atoms with Crippen LogP contribution in [0.5, 0.6) is 5.75 Å². The van der Waals surface area contributed by atoms with Gasteiger partial charge in [0.2, 0.25) is 5.91 Å². The number of thiocarbonyl (C=S) groups is 1. The maximum atomic E-state index is 12.4. The topological polar surface area (TPSA) is 57.7 Å². The van der Waals surface area contributed by atoms with Crippen LogP contribution in [0.15, 0.2) is 29.6 Å². The highest BCUT2D eigenvalue weighted by molar-refractivity contribution is 7.80. The van der Waals surface area contributed by atoms with Gasteiger partial charge in [-0.1, -0.05) is 0 Å². The van der Waals surface area contributed by atoms with Crippen molar-refractivity contribution in [3.63, 3.8) is 0 Å². The lowest BCUT2D eigenvalue weighted by atomic mass is 10.3. The molecule has 3 rings (SSSR count). The number of piperazine rings is 1. The Kier molecular flexibility index (Phi) is 6.63. The van der Waals surface area contributed by atoms with Gasteiger partial charge in [0, 0.05) is 42.9 Å². The Labute approximate surface area is 169 Å². The van der Waals surface area contributed by atoms with Crippen LogP contribution in [0.1, 0.15) is 17.6 Å². The number of aryl methyl sites for hydroxylation is 1. The smallest absolute Gasteiger partial charge is 0.229 e. The average molecular weight is 405 g/mol. The minimum Gasteiger partial charge on any atom is -0.494 e. The van der Waals surface area contributed by atoms with Gasteiger partial charge < -0.3 is 19.9 Å². The van der Waals surface area contributed by atoms with E-state index in [1.54, 1.807) is 11.3 Å². The van der Waals surface area contributed by atoms with Crippen LogP contribution in [0.3, 0.4) is 0 Å². The molecule has 2 heterocycles. The van der Waals surface area contributed by atoms with Crippen molar-refractivity contribution in [3.05, 3.63) is 40.3 Å². The summed E-state index contributed by atoms with van der Waals surface area (Å²) >= 11 is 7.07. The molecule has 0 saturated carbocycles. The molecule has 0 radical (unpaired) electrons. The second kappa shape index (κ2) is 9.14. The summed E-state index contributed by atoms with van der Waals surface area (Å²) in [6.45, 7) is 7.36. The normalized spacial score (nSPS) is 14.1. The highest BCUT2D eigenvalue weighted by atomic mass is 32.1. The quantitative estimate of drug-likeness (QED) is 0.774. The van der Waals surface area contributed by atoms with Crippen LogP contribution in [0, 0.1) is 6.92 Å². The Morgan fingerprint density at radius 3 is 2.48 bits per heavy atom. The van der Waals surface area contributed by atoms with Crippen molar-refractivity contribution >= 4 is 40.3 Å². The number of nitrogens with zero attached hydrogens (tertiary/aromatic N) is 3. The van der Waals surface area contributed by atoms with E-state index in [1.807, 2.05) is 48.4 Å². The molecule has 0 bridgehead atoms. The predicted molar refractivity (Wildman–Crippen MR) is 113 cm³/mol. The fraction of sp³-hybridized carbons (Fsp3) is 0.421. The van der Waals surface area contributed by atoms with Gasteiger partial charge in [-0.2, -0.15) is 0 Å². The largest absolute Gasteiger partial charge is 0.494 e. The number of hydrogen-bond acceptors (Lipinski definition) is 5. The predicted octanol–water partition coefficient (Wildman–Crippen LogP) is 2.93. The summed E-state index contributed by atoms with van der Waals surface area (Å²) in [5, 5.41) is 6.80. The molecular weight excluding hydrogens is 380 g/mol. The average Bonchev–Trinajstić information content (AvgIpc) is 3.08. The minimum atomic E-state index is 0.134. The highest BCUT2D eigenvalue weighted by Gasteiger charge is 2.23. The Morgan fingerprint density at radius 2 is 1.89 bits per heavy atom. The molecule has 144 valence electrons. The first-order chi connectivity index (χ1) is 13.0. The number of carbonyl (C=O) groups excluding carboxylic acids is 1. The van der Waals surface area contributed by atoms with Gasteiger partial charge in [-0.3, -0.25) is 4.79 Å². The Bertz CT molecular complexity index is 783. The number of aromatic nitrogens is 1. The molecule has 0 spiro atoms. The van der Waals surface area contributed by atoms with Gasteiger partial charge in [0.05, 0.1) is 13.0 Å². The Hall–Kier alpha value is -2.19. The Morgan fingerprint density at radius 1 is 1.22 bits per heavy atom. The molecule has 27 heavy (non-hydrogen) atoms. The monoisotopic (exact) mass is 404 g/mol. The van der Waals surface area contributed by atoms with Gasteiger partial charge in [0.1, 0.15) is 10.8 Å².